The highest BCUT2D eigenvalue weighted by molar-refractivity contribution is 7.13. The van der Waals surface area contributed by atoms with Crippen LogP contribution in [-0.2, 0) is 4.79 Å². The summed E-state index contributed by atoms with van der Waals surface area (Å²) >= 11 is 1.38. The van der Waals surface area contributed by atoms with Gasteiger partial charge in [-0.05, 0) is 56.9 Å². The van der Waals surface area contributed by atoms with Crippen molar-refractivity contribution in [3.05, 3.63) is 81.3 Å². The number of hydrogen-bond donors (Lipinski definition) is 1. The van der Waals surface area contributed by atoms with E-state index >= 15 is 0 Å². The molecule has 4 rings (SSSR count). The number of aromatic nitrogens is 1. The van der Waals surface area contributed by atoms with E-state index in [2.05, 4.69) is 10.3 Å². The predicted octanol–water partition coefficient (Wildman–Crippen LogP) is 5.91. The molecule has 2 aromatic carbocycles. The highest BCUT2D eigenvalue weighted by atomic mass is 32.1. The second-order valence-corrected chi connectivity index (χ2v) is 10.0. The molecule has 0 unspecified atom stereocenters. The van der Waals surface area contributed by atoms with Crippen molar-refractivity contribution >= 4 is 28.8 Å². The van der Waals surface area contributed by atoms with E-state index in [1.54, 1.807) is 4.90 Å². The van der Waals surface area contributed by atoms with Gasteiger partial charge in [0.1, 0.15) is 10.9 Å². The lowest BCUT2D eigenvalue weighted by atomic mass is 9.94. The lowest BCUT2D eigenvalue weighted by molar-refractivity contribution is -0.123. The zero-order valence-electron chi connectivity index (χ0n) is 19.5. The normalized spacial score (nSPS) is 15.1. The summed E-state index contributed by atoms with van der Waals surface area (Å²) in [6.45, 7) is 5.74. The molecular formula is C27H31N3O2S. The largest absolute Gasteiger partial charge is 0.351 e. The molecule has 1 atom stereocenters. The van der Waals surface area contributed by atoms with Crippen LogP contribution in [0.5, 0.6) is 0 Å². The van der Waals surface area contributed by atoms with Gasteiger partial charge in [0, 0.05) is 11.7 Å². The Kier molecular flexibility index (Phi) is 7.23. The summed E-state index contributed by atoms with van der Waals surface area (Å²) in [5.74, 6) is -0.335. The maximum absolute atomic E-state index is 14.0. The van der Waals surface area contributed by atoms with Gasteiger partial charge < -0.3 is 5.32 Å². The lowest BCUT2D eigenvalue weighted by Gasteiger charge is -2.33. The molecule has 0 radical (unpaired) electrons. The standard InChI is InChI=1S/C27H31N3O2S/c1-18-11-10-16-23(17-18)30(27(32)25-19(2)28-20(3)33-25)24(21-12-6-4-7-13-21)26(31)29-22-14-8-5-9-15-22/h4,6-7,10-13,16-17,22,24H,5,8-9,14-15H2,1-3H3,(H,29,31)/t24-/m0/s1. The van der Waals surface area contributed by atoms with E-state index in [0.29, 0.717) is 16.3 Å². The zero-order valence-corrected chi connectivity index (χ0v) is 20.3. The van der Waals surface area contributed by atoms with Gasteiger partial charge in [0.05, 0.1) is 10.7 Å². The summed E-state index contributed by atoms with van der Waals surface area (Å²) in [4.78, 5) is 34.5. The Labute approximate surface area is 199 Å². The van der Waals surface area contributed by atoms with Crippen molar-refractivity contribution in [1.29, 1.82) is 0 Å². The highest BCUT2D eigenvalue weighted by Gasteiger charge is 2.36. The van der Waals surface area contributed by atoms with Crippen LogP contribution in [0.3, 0.4) is 0 Å². The Morgan fingerprint density at radius 1 is 1.00 bits per heavy atom. The van der Waals surface area contributed by atoms with Crippen LogP contribution in [0.15, 0.2) is 54.6 Å². The molecule has 1 saturated carbocycles. The third-order valence-electron chi connectivity index (χ3n) is 6.17. The van der Waals surface area contributed by atoms with Crippen molar-refractivity contribution in [3.8, 4) is 0 Å². The van der Waals surface area contributed by atoms with Crippen LogP contribution in [0.25, 0.3) is 0 Å². The molecule has 0 saturated heterocycles. The fraction of sp³-hybridized carbons (Fsp3) is 0.370. The number of anilines is 1. The minimum Gasteiger partial charge on any atom is -0.351 e. The van der Waals surface area contributed by atoms with Crippen LogP contribution >= 0.6 is 11.3 Å². The molecule has 172 valence electrons. The van der Waals surface area contributed by atoms with Gasteiger partial charge in [0.25, 0.3) is 5.91 Å². The zero-order chi connectivity index (χ0) is 23.4. The van der Waals surface area contributed by atoms with E-state index < -0.39 is 6.04 Å². The molecule has 6 heteroatoms. The van der Waals surface area contributed by atoms with Crippen LogP contribution in [0.4, 0.5) is 5.69 Å². The first-order valence-corrected chi connectivity index (χ1v) is 12.5. The Morgan fingerprint density at radius 3 is 2.36 bits per heavy atom. The van der Waals surface area contributed by atoms with Crippen LogP contribution in [-0.4, -0.2) is 22.8 Å². The number of aryl methyl sites for hydroxylation is 3. The van der Waals surface area contributed by atoms with Gasteiger partial charge in [-0.15, -0.1) is 11.3 Å². The number of nitrogens with one attached hydrogen (secondary N) is 1. The third-order valence-corrected chi connectivity index (χ3v) is 7.23. The van der Waals surface area contributed by atoms with Crippen molar-refractivity contribution in [2.24, 2.45) is 0 Å². The van der Waals surface area contributed by atoms with Gasteiger partial charge in [0.15, 0.2) is 0 Å². The summed E-state index contributed by atoms with van der Waals surface area (Å²) < 4.78 is 0. The monoisotopic (exact) mass is 461 g/mol. The maximum Gasteiger partial charge on any atom is 0.271 e. The van der Waals surface area contributed by atoms with Crippen molar-refractivity contribution in [2.45, 2.75) is 65.0 Å². The molecule has 1 heterocycles. The first-order chi connectivity index (χ1) is 15.9. The van der Waals surface area contributed by atoms with Crippen molar-refractivity contribution in [1.82, 2.24) is 10.3 Å². The second-order valence-electron chi connectivity index (χ2n) is 8.82. The van der Waals surface area contributed by atoms with Crippen LogP contribution in [0.2, 0.25) is 0 Å². The van der Waals surface area contributed by atoms with Crippen LogP contribution in [0, 0.1) is 20.8 Å². The van der Waals surface area contributed by atoms with E-state index in [-0.39, 0.29) is 17.9 Å². The molecule has 5 nitrogen and oxygen atoms in total. The fourth-order valence-electron chi connectivity index (χ4n) is 4.58. The van der Waals surface area contributed by atoms with E-state index in [1.807, 2.05) is 75.4 Å². The van der Waals surface area contributed by atoms with Crippen LogP contribution in [0.1, 0.15) is 69.6 Å². The Hall–Kier alpha value is -2.99. The number of hydrogen-bond acceptors (Lipinski definition) is 4. The average molecular weight is 462 g/mol. The Bertz CT molecular complexity index is 1120. The number of rotatable bonds is 6. The predicted molar refractivity (Wildman–Crippen MR) is 134 cm³/mol. The molecule has 3 aromatic rings. The maximum atomic E-state index is 14.0. The SMILES string of the molecule is Cc1cccc(N(C(=O)c2sc(C)nc2C)[C@H](C(=O)NC2CCCCC2)c2ccccc2)c1. The first-order valence-electron chi connectivity index (χ1n) is 11.6. The number of nitrogens with zero attached hydrogens (tertiary/aromatic N) is 2. The number of thiazole rings is 1. The van der Waals surface area contributed by atoms with Gasteiger partial charge in [-0.2, -0.15) is 0 Å². The quantitative estimate of drug-likeness (QED) is 0.497. The summed E-state index contributed by atoms with van der Waals surface area (Å²) in [5.41, 5.74) is 3.22. The molecule has 2 amide bonds. The molecule has 0 spiro atoms. The summed E-state index contributed by atoms with van der Waals surface area (Å²) in [7, 11) is 0. The first kappa shape index (κ1) is 23.2. The molecule has 1 N–H and O–H groups in total. The lowest BCUT2D eigenvalue weighted by Crippen LogP contribution is -2.47. The molecule has 0 bridgehead atoms. The van der Waals surface area contributed by atoms with E-state index in [0.717, 1.165) is 41.8 Å². The number of carbonyl (C=O) groups excluding carboxylic acids is 2. The summed E-state index contributed by atoms with van der Waals surface area (Å²) in [5, 5.41) is 4.10. The molecule has 0 aliphatic heterocycles. The molecule has 1 fully saturated rings. The van der Waals surface area contributed by atoms with Gasteiger partial charge in [-0.3, -0.25) is 14.5 Å². The molecular weight excluding hydrogens is 430 g/mol. The van der Waals surface area contributed by atoms with E-state index in [4.69, 9.17) is 0 Å². The molecule has 1 aromatic heterocycles. The van der Waals surface area contributed by atoms with Gasteiger partial charge in [-0.1, -0.05) is 61.7 Å². The average Bonchev–Trinajstić information content (AvgIpc) is 3.16. The minimum absolute atomic E-state index is 0.137. The van der Waals surface area contributed by atoms with Crippen molar-refractivity contribution in [2.75, 3.05) is 4.90 Å². The van der Waals surface area contributed by atoms with Crippen LogP contribution < -0.4 is 10.2 Å². The van der Waals surface area contributed by atoms with Gasteiger partial charge >= 0.3 is 0 Å². The van der Waals surface area contributed by atoms with Crippen molar-refractivity contribution < 1.29 is 9.59 Å². The number of benzene rings is 2. The molecule has 1 aliphatic carbocycles. The van der Waals surface area contributed by atoms with Crippen molar-refractivity contribution in [3.63, 3.8) is 0 Å². The Morgan fingerprint density at radius 2 is 1.73 bits per heavy atom. The highest BCUT2D eigenvalue weighted by Crippen LogP contribution is 2.33. The third kappa shape index (κ3) is 5.33. The van der Waals surface area contributed by atoms with Gasteiger partial charge in [-0.25, -0.2) is 4.98 Å². The Balaban J connectivity index is 1.81. The molecule has 1 aliphatic rings. The van der Waals surface area contributed by atoms with E-state index in [1.165, 1.54) is 17.8 Å². The topological polar surface area (TPSA) is 62.3 Å². The summed E-state index contributed by atoms with van der Waals surface area (Å²) in [6.07, 6.45) is 5.44. The van der Waals surface area contributed by atoms with Gasteiger partial charge in [0.2, 0.25) is 5.91 Å². The second kappa shape index (κ2) is 10.3. The fourth-order valence-corrected chi connectivity index (χ4v) is 5.44. The number of carbonyl (C=O) groups is 2. The van der Waals surface area contributed by atoms with E-state index in [9.17, 15) is 9.59 Å². The molecule has 33 heavy (non-hydrogen) atoms. The smallest absolute Gasteiger partial charge is 0.271 e. The minimum atomic E-state index is -0.774. The number of amides is 2. The summed E-state index contributed by atoms with van der Waals surface area (Å²) in [6, 6.07) is 16.8.